The van der Waals surface area contributed by atoms with Gasteiger partial charge >= 0.3 is 0 Å². The number of carbonyl (C=O) groups excluding carboxylic acids is 1. The fourth-order valence-corrected chi connectivity index (χ4v) is 1.58. The van der Waals surface area contributed by atoms with E-state index in [0.717, 1.165) is 0 Å². The van der Waals surface area contributed by atoms with E-state index in [-0.39, 0.29) is 17.5 Å². The maximum atomic E-state index is 12.8. The molecule has 0 aliphatic carbocycles. The number of hydrogen-bond donors (Lipinski definition) is 1. The van der Waals surface area contributed by atoms with E-state index in [0.29, 0.717) is 11.3 Å². The van der Waals surface area contributed by atoms with Crippen LogP contribution in [0.15, 0.2) is 48.5 Å². The van der Waals surface area contributed by atoms with Crippen molar-refractivity contribution in [2.45, 2.75) is 0 Å². The van der Waals surface area contributed by atoms with Crippen LogP contribution in [-0.2, 0) is 0 Å². The second kappa shape index (κ2) is 4.87. The van der Waals surface area contributed by atoms with Crippen LogP contribution in [-0.4, -0.2) is 18.1 Å². The molecule has 0 aliphatic rings. The first-order valence-electron chi connectivity index (χ1n) is 5.40. The zero-order chi connectivity index (χ0) is 13.1. The molecule has 2 aromatic carbocycles. The molecule has 2 rings (SSSR count). The van der Waals surface area contributed by atoms with E-state index in [9.17, 15) is 9.18 Å². The van der Waals surface area contributed by atoms with E-state index in [1.54, 1.807) is 7.05 Å². The number of phenols is 1. The molecule has 18 heavy (non-hydrogen) atoms. The summed E-state index contributed by atoms with van der Waals surface area (Å²) < 4.78 is 12.8. The van der Waals surface area contributed by atoms with Gasteiger partial charge in [-0.3, -0.25) is 4.79 Å². The highest BCUT2D eigenvalue weighted by Gasteiger charge is 2.13. The topological polar surface area (TPSA) is 40.5 Å². The van der Waals surface area contributed by atoms with Crippen LogP contribution in [0.4, 0.5) is 10.1 Å². The van der Waals surface area contributed by atoms with Crippen LogP contribution in [0.3, 0.4) is 0 Å². The van der Waals surface area contributed by atoms with E-state index in [2.05, 4.69) is 0 Å². The van der Waals surface area contributed by atoms with E-state index >= 15 is 0 Å². The molecule has 0 bridgehead atoms. The molecule has 1 amide bonds. The molecule has 0 heterocycles. The smallest absolute Gasteiger partial charge is 0.258 e. The Hall–Kier alpha value is -2.36. The van der Waals surface area contributed by atoms with Crippen molar-refractivity contribution in [2.24, 2.45) is 0 Å². The lowest BCUT2D eigenvalue weighted by molar-refractivity contribution is 0.0993. The first-order chi connectivity index (χ1) is 8.58. The third-order valence-electron chi connectivity index (χ3n) is 2.63. The Balaban J connectivity index is 2.23. The molecule has 0 aliphatic heterocycles. The van der Waals surface area contributed by atoms with Gasteiger partial charge in [-0.1, -0.05) is 0 Å². The third kappa shape index (κ3) is 2.48. The van der Waals surface area contributed by atoms with Gasteiger partial charge in [0.25, 0.3) is 5.91 Å². The summed E-state index contributed by atoms with van der Waals surface area (Å²) in [5.74, 6) is -0.457. The molecule has 0 unspecified atom stereocenters. The molecule has 0 saturated heterocycles. The van der Waals surface area contributed by atoms with Crippen molar-refractivity contribution in [1.82, 2.24) is 0 Å². The Morgan fingerprint density at radius 2 is 1.61 bits per heavy atom. The summed E-state index contributed by atoms with van der Waals surface area (Å²) in [4.78, 5) is 13.5. The number of hydrogen-bond acceptors (Lipinski definition) is 2. The Kier molecular flexibility index (Phi) is 3.28. The van der Waals surface area contributed by atoms with Crippen LogP contribution in [0.2, 0.25) is 0 Å². The maximum Gasteiger partial charge on any atom is 0.258 e. The molecule has 0 saturated carbocycles. The molecule has 92 valence electrons. The molecule has 0 radical (unpaired) electrons. The molecule has 1 N–H and O–H groups in total. The molecule has 0 spiro atoms. The largest absolute Gasteiger partial charge is 0.508 e. The summed E-state index contributed by atoms with van der Waals surface area (Å²) in [6, 6.07) is 11.7. The van der Waals surface area contributed by atoms with Crippen LogP contribution in [0.25, 0.3) is 0 Å². The highest BCUT2D eigenvalue weighted by molar-refractivity contribution is 6.05. The molecule has 2 aromatic rings. The van der Waals surface area contributed by atoms with E-state index < -0.39 is 0 Å². The summed E-state index contributed by atoms with van der Waals surface area (Å²) in [6.45, 7) is 0. The van der Waals surface area contributed by atoms with Gasteiger partial charge in [0.1, 0.15) is 11.6 Å². The van der Waals surface area contributed by atoms with Crippen LogP contribution in [0.5, 0.6) is 5.75 Å². The van der Waals surface area contributed by atoms with Gasteiger partial charge in [0.05, 0.1) is 0 Å². The van der Waals surface area contributed by atoms with Crippen molar-refractivity contribution < 1.29 is 14.3 Å². The molecule has 0 atom stereocenters. The predicted octanol–water partition coefficient (Wildman–Crippen LogP) is 2.81. The summed E-state index contributed by atoms with van der Waals surface area (Å²) >= 11 is 0. The number of carbonyl (C=O) groups is 1. The first-order valence-corrected chi connectivity index (χ1v) is 5.40. The number of aromatic hydroxyl groups is 1. The molecule has 0 fully saturated rings. The summed E-state index contributed by atoms with van der Waals surface area (Å²) in [6.07, 6.45) is 0. The second-order valence-corrected chi connectivity index (χ2v) is 3.89. The molecule has 4 heteroatoms. The Bertz CT molecular complexity index is 549. The molecular weight excluding hydrogens is 233 g/mol. The van der Waals surface area contributed by atoms with Crippen LogP contribution in [0, 0.1) is 5.82 Å². The number of halogens is 1. The van der Waals surface area contributed by atoms with Gasteiger partial charge in [0, 0.05) is 18.3 Å². The minimum atomic E-state index is -0.343. The highest BCUT2D eigenvalue weighted by atomic mass is 19.1. The van der Waals surface area contributed by atoms with E-state index in [4.69, 9.17) is 5.11 Å². The van der Waals surface area contributed by atoms with Gasteiger partial charge in [-0.05, 0) is 48.5 Å². The van der Waals surface area contributed by atoms with Gasteiger partial charge in [0.15, 0.2) is 0 Å². The predicted molar refractivity (Wildman–Crippen MR) is 67.2 cm³/mol. The maximum absolute atomic E-state index is 12.8. The fourth-order valence-electron chi connectivity index (χ4n) is 1.58. The average Bonchev–Trinajstić information content (AvgIpc) is 2.39. The van der Waals surface area contributed by atoms with Crippen molar-refractivity contribution in [1.29, 1.82) is 0 Å². The minimum Gasteiger partial charge on any atom is -0.508 e. The number of phenolic OH excluding ortho intramolecular Hbond substituents is 1. The van der Waals surface area contributed by atoms with Crippen molar-refractivity contribution in [3.63, 3.8) is 0 Å². The van der Waals surface area contributed by atoms with Gasteiger partial charge in [0.2, 0.25) is 0 Å². The summed E-state index contributed by atoms with van der Waals surface area (Å²) in [7, 11) is 1.61. The average molecular weight is 245 g/mol. The van der Waals surface area contributed by atoms with Crippen LogP contribution >= 0.6 is 0 Å². The lowest BCUT2D eigenvalue weighted by atomic mass is 10.2. The van der Waals surface area contributed by atoms with Crippen molar-refractivity contribution >= 4 is 11.6 Å². The Labute approximate surface area is 104 Å². The zero-order valence-corrected chi connectivity index (χ0v) is 9.80. The normalized spacial score (nSPS) is 10.1. The Morgan fingerprint density at radius 1 is 1.06 bits per heavy atom. The third-order valence-corrected chi connectivity index (χ3v) is 2.63. The molecule has 3 nitrogen and oxygen atoms in total. The lowest BCUT2D eigenvalue weighted by Gasteiger charge is -2.17. The zero-order valence-electron chi connectivity index (χ0n) is 9.80. The lowest BCUT2D eigenvalue weighted by Crippen LogP contribution is -2.26. The minimum absolute atomic E-state index is 0.107. The quantitative estimate of drug-likeness (QED) is 0.883. The van der Waals surface area contributed by atoms with Gasteiger partial charge < -0.3 is 10.0 Å². The van der Waals surface area contributed by atoms with Gasteiger partial charge in [-0.2, -0.15) is 0 Å². The van der Waals surface area contributed by atoms with Crippen LogP contribution in [0.1, 0.15) is 10.4 Å². The molecular formula is C14H12FNO2. The summed E-state index contributed by atoms with van der Waals surface area (Å²) in [5.41, 5.74) is 1.06. The van der Waals surface area contributed by atoms with Gasteiger partial charge in [-0.25, -0.2) is 4.39 Å². The van der Waals surface area contributed by atoms with E-state index in [1.807, 2.05) is 0 Å². The van der Waals surface area contributed by atoms with Crippen molar-refractivity contribution in [3.8, 4) is 5.75 Å². The van der Waals surface area contributed by atoms with Crippen molar-refractivity contribution in [3.05, 3.63) is 59.9 Å². The fraction of sp³-hybridized carbons (Fsp3) is 0.0714. The first kappa shape index (κ1) is 12.1. The number of amides is 1. The standard InChI is InChI=1S/C14H12FNO2/c1-16(12-6-4-11(15)5-7-12)14(18)10-2-8-13(17)9-3-10/h2-9,17H,1H3. The highest BCUT2D eigenvalue weighted by Crippen LogP contribution is 2.17. The SMILES string of the molecule is CN(C(=O)c1ccc(O)cc1)c1ccc(F)cc1. The number of benzene rings is 2. The second-order valence-electron chi connectivity index (χ2n) is 3.89. The number of anilines is 1. The van der Waals surface area contributed by atoms with Crippen molar-refractivity contribution in [2.75, 3.05) is 11.9 Å². The Morgan fingerprint density at radius 3 is 2.17 bits per heavy atom. The molecule has 0 aromatic heterocycles. The summed E-state index contributed by atoms with van der Waals surface area (Å²) in [5, 5.41) is 9.16. The number of rotatable bonds is 2. The monoisotopic (exact) mass is 245 g/mol. The van der Waals surface area contributed by atoms with Crippen LogP contribution < -0.4 is 4.90 Å². The number of nitrogens with zero attached hydrogens (tertiary/aromatic N) is 1. The van der Waals surface area contributed by atoms with Gasteiger partial charge in [-0.15, -0.1) is 0 Å². The van der Waals surface area contributed by atoms with E-state index in [1.165, 1.54) is 53.4 Å².